The van der Waals surface area contributed by atoms with Crippen LogP contribution in [0.1, 0.15) is 19.3 Å². The summed E-state index contributed by atoms with van der Waals surface area (Å²) in [5, 5.41) is 7.56. The molecular formula is C12H13N. The molecule has 0 bridgehead atoms. The summed E-state index contributed by atoms with van der Waals surface area (Å²) in [6.07, 6.45) is 15.5. The fraction of sp³-hybridized carbons (Fsp3) is 0.250. The summed E-state index contributed by atoms with van der Waals surface area (Å²) < 4.78 is 0. The van der Waals surface area contributed by atoms with Crippen LogP contribution < -0.4 is 0 Å². The third-order valence-electron chi connectivity index (χ3n) is 2.40. The molecule has 1 N–H and O–H groups in total. The van der Waals surface area contributed by atoms with Crippen LogP contribution in [0.15, 0.2) is 47.6 Å². The SMILES string of the molecule is N=C1C=CC=C(C2=CC=CCC2)C1. The third-order valence-corrected chi connectivity index (χ3v) is 2.40. The average Bonchev–Trinajstić information content (AvgIpc) is 2.19. The predicted molar refractivity (Wildman–Crippen MR) is 56.0 cm³/mol. The van der Waals surface area contributed by atoms with E-state index < -0.39 is 0 Å². The summed E-state index contributed by atoms with van der Waals surface area (Å²) >= 11 is 0. The zero-order valence-corrected chi connectivity index (χ0v) is 7.59. The molecule has 66 valence electrons. The molecule has 0 spiro atoms. The number of nitrogens with one attached hydrogen (secondary N) is 1. The van der Waals surface area contributed by atoms with Crippen molar-refractivity contribution in [3.8, 4) is 0 Å². The molecule has 0 radical (unpaired) electrons. The molecule has 1 nitrogen and oxygen atoms in total. The standard InChI is InChI=1S/C12H13N/c13-12-8-4-7-11(9-12)10-5-2-1-3-6-10/h1-2,4-5,7-8,13H,3,6,9H2. The Morgan fingerprint density at radius 2 is 1.92 bits per heavy atom. The van der Waals surface area contributed by atoms with Crippen molar-refractivity contribution >= 4 is 5.71 Å². The van der Waals surface area contributed by atoms with E-state index in [1.807, 2.05) is 12.2 Å². The molecule has 0 saturated carbocycles. The molecule has 1 heteroatoms. The van der Waals surface area contributed by atoms with Crippen molar-refractivity contribution in [1.82, 2.24) is 0 Å². The van der Waals surface area contributed by atoms with Gasteiger partial charge in [-0.25, -0.2) is 0 Å². The maximum atomic E-state index is 7.56. The first-order chi connectivity index (χ1) is 6.36. The number of hydrogen-bond donors (Lipinski definition) is 1. The summed E-state index contributed by atoms with van der Waals surface area (Å²) in [5.74, 6) is 0. The first kappa shape index (κ1) is 8.24. The van der Waals surface area contributed by atoms with Gasteiger partial charge in [-0.3, -0.25) is 0 Å². The van der Waals surface area contributed by atoms with Gasteiger partial charge in [-0.15, -0.1) is 0 Å². The quantitative estimate of drug-likeness (QED) is 0.626. The zero-order valence-electron chi connectivity index (χ0n) is 7.59. The minimum atomic E-state index is 0.716. The maximum Gasteiger partial charge on any atom is 0.0357 e. The van der Waals surface area contributed by atoms with E-state index in [1.54, 1.807) is 0 Å². The van der Waals surface area contributed by atoms with Crippen molar-refractivity contribution in [3.63, 3.8) is 0 Å². The Hall–Kier alpha value is -1.37. The molecule has 2 aliphatic rings. The van der Waals surface area contributed by atoms with Crippen LogP contribution in [-0.4, -0.2) is 5.71 Å². The third kappa shape index (κ3) is 1.86. The molecule has 0 aliphatic heterocycles. The van der Waals surface area contributed by atoms with E-state index in [9.17, 15) is 0 Å². The van der Waals surface area contributed by atoms with Gasteiger partial charge >= 0.3 is 0 Å². The van der Waals surface area contributed by atoms with Gasteiger partial charge in [0.1, 0.15) is 0 Å². The smallest absolute Gasteiger partial charge is 0.0357 e. The Morgan fingerprint density at radius 1 is 1.08 bits per heavy atom. The molecule has 0 aromatic rings. The van der Waals surface area contributed by atoms with Crippen molar-refractivity contribution in [2.45, 2.75) is 19.3 Å². The summed E-state index contributed by atoms with van der Waals surface area (Å²) in [6.45, 7) is 0. The zero-order chi connectivity index (χ0) is 9.10. The molecule has 13 heavy (non-hydrogen) atoms. The molecular weight excluding hydrogens is 158 g/mol. The summed E-state index contributed by atoms with van der Waals surface area (Å²) in [5.41, 5.74) is 3.43. The number of hydrogen-bond acceptors (Lipinski definition) is 1. The second kappa shape index (κ2) is 3.56. The van der Waals surface area contributed by atoms with Crippen molar-refractivity contribution in [2.24, 2.45) is 0 Å². The Balaban J connectivity index is 2.21. The van der Waals surface area contributed by atoms with E-state index in [0.717, 1.165) is 19.3 Å². The minimum Gasteiger partial charge on any atom is -0.305 e. The van der Waals surface area contributed by atoms with Crippen LogP contribution in [0.2, 0.25) is 0 Å². The van der Waals surface area contributed by atoms with E-state index in [-0.39, 0.29) is 0 Å². The second-order valence-corrected chi connectivity index (χ2v) is 3.41. The van der Waals surface area contributed by atoms with Gasteiger partial charge in [0.15, 0.2) is 0 Å². The van der Waals surface area contributed by atoms with Gasteiger partial charge in [0.2, 0.25) is 0 Å². The van der Waals surface area contributed by atoms with Crippen LogP contribution in [0.25, 0.3) is 0 Å². The van der Waals surface area contributed by atoms with Gasteiger partial charge in [0, 0.05) is 12.1 Å². The fourth-order valence-electron chi connectivity index (χ4n) is 1.69. The molecule has 0 atom stereocenters. The monoisotopic (exact) mass is 171 g/mol. The Labute approximate surface area is 78.7 Å². The Bertz CT molecular complexity index is 340. The van der Waals surface area contributed by atoms with Gasteiger partial charge in [-0.05, 0) is 30.1 Å². The summed E-state index contributed by atoms with van der Waals surface area (Å²) in [4.78, 5) is 0. The van der Waals surface area contributed by atoms with Crippen LogP contribution in [-0.2, 0) is 0 Å². The van der Waals surface area contributed by atoms with E-state index in [4.69, 9.17) is 5.41 Å². The molecule has 0 fully saturated rings. The van der Waals surface area contributed by atoms with Crippen molar-refractivity contribution in [1.29, 1.82) is 5.41 Å². The van der Waals surface area contributed by atoms with Crippen molar-refractivity contribution in [2.75, 3.05) is 0 Å². The van der Waals surface area contributed by atoms with Gasteiger partial charge in [0.25, 0.3) is 0 Å². The lowest BCUT2D eigenvalue weighted by Crippen LogP contribution is -2.02. The van der Waals surface area contributed by atoms with Gasteiger partial charge in [-0.1, -0.05) is 30.4 Å². The van der Waals surface area contributed by atoms with Gasteiger partial charge in [-0.2, -0.15) is 0 Å². The molecule has 0 aromatic heterocycles. The van der Waals surface area contributed by atoms with E-state index in [2.05, 4.69) is 24.3 Å². The summed E-state index contributed by atoms with van der Waals surface area (Å²) in [6, 6.07) is 0. The first-order valence-corrected chi connectivity index (χ1v) is 4.67. The van der Waals surface area contributed by atoms with Crippen LogP contribution >= 0.6 is 0 Å². The lowest BCUT2D eigenvalue weighted by atomic mass is 9.91. The van der Waals surface area contributed by atoms with Crippen LogP contribution in [0, 0.1) is 5.41 Å². The Morgan fingerprint density at radius 3 is 2.62 bits per heavy atom. The molecule has 2 aliphatic carbocycles. The summed E-state index contributed by atoms with van der Waals surface area (Å²) in [7, 11) is 0. The molecule has 2 rings (SSSR count). The highest BCUT2D eigenvalue weighted by molar-refractivity contribution is 5.96. The topological polar surface area (TPSA) is 23.9 Å². The highest BCUT2D eigenvalue weighted by Gasteiger charge is 2.09. The van der Waals surface area contributed by atoms with Gasteiger partial charge < -0.3 is 5.41 Å². The van der Waals surface area contributed by atoms with Crippen molar-refractivity contribution in [3.05, 3.63) is 47.6 Å². The van der Waals surface area contributed by atoms with E-state index >= 15 is 0 Å². The molecule has 0 aromatic carbocycles. The lowest BCUT2D eigenvalue weighted by Gasteiger charge is -2.14. The highest BCUT2D eigenvalue weighted by atomic mass is 14.4. The molecule has 0 unspecified atom stereocenters. The minimum absolute atomic E-state index is 0.716. The second-order valence-electron chi connectivity index (χ2n) is 3.41. The predicted octanol–water partition coefficient (Wildman–Crippen LogP) is 3.17. The number of allylic oxidation sites excluding steroid dienone is 8. The largest absolute Gasteiger partial charge is 0.305 e. The maximum absolute atomic E-state index is 7.56. The van der Waals surface area contributed by atoms with Crippen molar-refractivity contribution < 1.29 is 0 Å². The molecule has 0 saturated heterocycles. The van der Waals surface area contributed by atoms with Crippen LogP contribution in [0.4, 0.5) is 0 Å². The normalized spacial score (nSPS) is 21.4. The van der Waals surface area contributed by atoms with E-state index in [1.165, 1.54) is 11.1 Å². The van der Waals surface area contributed by atoms with E-state index in [0.29, 0.717) is 5.71 Å². The van der Waals surface area contributed by atoms with Gasteiger partial charge in [0.05, 0.1) is 0 Å². The number of rotatable bonds is 1. The van der Waals surface area contributed by atoms with Crippen LogP contribution in [0.5, 0.6) is 0 Å². The van der Waals surface area contributed by atoms with Crippen LogP contribution in [0.3, 0.4) is 0 Å². The highest BCUT2D eigenvalue weighted by Crippen LogP contribution is 2.24. The molecule has 0 amide bonds. The first-order valence-electron chi connectivity index (χ1n) is 4.67. The Kier molecular flexibility index (Phi) is 2.26. The lowest BCUT2D eigenvalue weighted by molar-refractivity contribution is 0.957. The fourth-order valence-corrected chi connectivity index (χ4v) is 1.69. The average molecular weight is 171 g/mol. The molecule has 0 heterocycles.